The molecule has 2 N–H and O–H groups in total. The van der Waals surface area contributed by atoms with E-state index in [-0.39, 0.29) is 22.9 Å². The van der Waals surface area contributed by atoms with Gasteiger partial charge in [0.15, 0.2) is 0 Å². The molecule has 2 aliphatic rings. The van der Waals surface area contributed by atoms with Crippen molar-refractivity contribution in [3.63, 3.8) is 0 Å². The van der Waals surface area contributed by atoms with Crippen LogP contribution in [0.5, 0.6) is 0 Å². The molecule has 0 radical (unpaired) electrons. The van der Waals surface area contributed by atoms with Crippen molar-refractivity contribution in [2.24, 2.45) is 0 Å². The zero-order valence-electron chi connectivity index (χ0n) is 13.0. The van der Waals surface area contributed by atoms with Crippen LogP contribution in [0.25, 0.3) is 0 Å². The molecule has 0 aromatic carbocycles. The fourth-order valence-electron chi connectivity index (χ4n) is 3.75. The van der Waals surface area contributed by atoms with Gasteiger partial charge in [-0.3, -0.25) is 14.7 Å². The van der Waals surface area contributed by atoms with Crippen molar-refractivity contribution < 1.29 is 4.79 Å². The maximum Gasteiger partial charge on any atom is 0.261 e. The molecule has 6 heteroatoms. The minimum atomic E-state index is -0.251. The molecule has 3 heterocycles. The molecular formula is C17H20N4O2. The molecule has 23 heavy (non-hydrogen) atoms. The highest BCUT2D eigenvalue weighted by molar-refractivity contribution is 5.94. The number of amides is 1. The van der Waals surface area contributed by atoms with Gasteiger partial charge in [0.1, 0.15) is 5.56 Å². The molecule has 120 valence electrons. The van der Waals surface area contributed by atoms with Crippen LogP contribution in [0, 0.1) is 0 Å². The van der Waals surface area contributed by atoms with E-state index in [1.807, 2.05) is 12.1 Å². The van der Waals surface area contributed by atoms with Crippen molar-refractivity contribution in [1.29, 1.82) is 0 Å². The van der Waals surface area contributed by atoms with Gasteiger partial charge < -0.3 is 9.88 Å². The summed E-state index contributed by atoms with van der Waals surface area (Å²) in [6, 6.07) is 3.77. The highest BCUT2D eigenvalue weighted by atomic mass is 16.2. The lowest BCUT2D eigenvalue weighted by molar-refractivity contribution is 0.0704. The first-order valence-electron chi connectivity index (χ1n) is 8.26. The molecule has 0 unspecified atom stereocenters. The average molecular weight is 312 g/mol. The van der Waals surface area contributed by atoms with Crippen molar-refractivity contribution in [1.82, 2.24) is 20.1 Å². The fraction of sp³-hybridized carbons (Fsp3) is 0.471. The van der Waals surface area contributed by atoms with Crippen molar-refractivity contribution in [2.75, 3.05) is 13.1 Å². The summed E-state index contributed by atoms with van der Waals surface area (Å²) >= 11 is 0. The standard InChI is InChI=1S/C17H20N4O2/c22-16-13(9-11-3-1-5-14(11)19-16)17(23)21-8-2-4-12(10-21)15-6-7-18-20-15/h6-7,9,12H,1-5,8,10H2,(H,18,20)(H,19,22)/t12-/m1/s1. The number of aromatic amines is 2. The zero-order valence-corrected chi connectivity index (χ0v) is 13.0. The van der Waals surface area contributed by atoms with Gasteiger partial charge in [-0.25, -0.2) is 0 Å². The van der Waals surface area contributed by atoms with Gasteiger partial charge in [-0.1, -0.05) is 0 Å². The first kappa shape index (κ1) is 14.2. The van der Waals surface area contributed by atoms with Crippen molar-refractivity contribution >= 4 is 5.91 Å². The highest BCUT2D eigenvalue weighted by Gasteiger charge is 2.28. The second-order valence-electron chi connectivity index (χ2n) is 6.47. The Balaban J connectivity index is 1.58. The number of carbonyl (C=O) groups excluding carboxylic acids is 1. The van der Waals surface area contributed by atoms with Gasteiger partial charge in [0.25, 0.3) is 11.5 Å². The highest BCUT2D eigenvalue weighted by Crippen LogP contribution is 2.26. The molecule has 1 amide bonds. The molecule has 1 aliphatic heterocycles. The monoisotopic (exact) mass is 312 g/mol. The second-order valence-corrected chi connectivity index (χ2v) is 6.47. The Morgan fingerprint density at radius 3 is 3.04 bits per heavy atom. The molecule has 0 saturated carbocycles. The molecule has 1 saturated heterocycles. The van der Waals surface area contributed by atoms with E-state index in [0.29, 0.717) is 13.1 Å². The number of rotatable bonds is 2. The van der Waals surface area contributed by atoms with Gasteiger partial charge in [-0.2, -0.15) is 5.10 Å². The number of H-pyrrole nitrogens is 2. The number of aromatic nitrogens is 3. The Bertz CT molecular complexity index is 778. The third kappa shape index (κ3) is 2.58. The Labute approximate surface area is 133 Å². The van der Waals surface area contributed by atoms with E-state index >= 15 is 0 Å². The van der Waals surface area contributed by atoms with E-state index in [1.54, 1.807) is 11.1 Å². The van der Waals surface area contributed by atoms with Crippen LogP contribution >= 0.6 is 0 Å². The quantitative estimate of drug-likeness (QED) is 0.884. The molecule has 1 aliphatic carbocycles. The summed E-state index contributed by atoms with van der Waals surface area (Å²) in [6.45, 7) is 1.34. The van der Waals surface area contributed by atoms with Gasteiger partial charge in [-0.15, -0.1) is 0 Å². The number of likely N-dealkylation sites (tertiary alicyclic amines) is 1. The lowest BCUT2D eigenvalue weighted by Crippen LogP contribution is -2.41. The van der Waals surface area contributed by atoms with E-state index in [0.717, 1.165) is 49.1 Å². The summed E-state index contributed by atoms with van der Waals surface area (Å²) < 4.78 is 0. The third-order valence-electron chi connectivity index (χ3n) is 4.99. The number of nitrogens with one attached hydrogen (secondary N) is 2. The number of hydrogen-bond acceptors (Lipinski definition) is 3. The summed E-state index contributed by atoms with van der Waals surface area (Å²) in [4.78, 5) is 29.8. The minimum Gasteiger partial charge on any atom is -0.338 e. The lowest BCUT2D eigenvalue weighted by atomic mass is 9.94. The number of fused-ring (bicyclic) bond motifs is 1. The number of pyridine rings is 1. The summed E-state index contributed by atoms with van der Waals surface area (Å²) in [6.07, 6.45) is 6.62. The Morgan fingerprint density at radius 1 is 1.30 bits per heavy atom. The Hall–Kier alpha value is -2.37. The van der Waals surface area contributed by atoms with Crippen LogP contribution in [0.1, 0.15) is 52.5 Å². The number of hydrogen-bond donors (Lipinski definition) is 2. The zero-order chi connectivity index (χ0) is 15.8. The SMILES string of the molecule is O=C(c1cc2c([nH]c1=O)CCC2)N1CCC[C@@H](c2ccn[nH]2)C1. The summed E-state index contributed by atoms with van der Waals surface area (Å²) in [5, 5.41) is 6.99. The van der Waals surface area contributed by atoms with E-state index in [1.165, 1.54) is 0 Å². The maximum atomic E-state index is 12.8. The number of nitrogens with zero attached hydrogens (tertiary/aromatic N) is 2. The van der Waals surface area contributed by atoms with Crippen molar-refractivity contribution in [3.8, 4) is 0 Å². The normalized spacial score (nSPS) is 20.5. The summed E-state index contributed by atoms with van der Waals surface area (Å²) in [7, 11) is 0. The van der Waals surface area contributed by atoms with Crippen molar-refractivity contribution in [2.45, 2.75) is 38.0 Å². The number of aryl methyl sites for hydroxylation is 2. The van der Waals surface area contributed by atoms with Crippen LogP contribution in [0.3, 0.4) is 0 Å². The average Bonchev–Trinajstić information content (AvgIpc) is 3.24. The molecule has 4 rings (SSSR count). The van der Waals surface area contributed by atoms with Gasteiger partial charge in [0, 0.05) is 36.6 Å². The Morgan fingerprint density at radius 2 is 2.22 bits per heavy atom. The van der Waals surface area contributed by atoms with Gasteiger partial charge in [0.2, 0.25) is 0 Å². The van der Waals surface area contributed by atoms with Crippen LogP contribution in [0.15, 0.2) is 23.1 Å². The number of piperidine rings is 1. The first-order chi connectivity index (χ1) is 11.2. The summed E-state index contributed by atoms with van der Waals surface area (Å²) in [5.74, 6) is 0.119. The Kier molecular flexibility index (Phi) is 3.52. The molecule has 1 atom stereocenters. The van der Waals surface area contributed by atoms with Crippen LogP contribution in [-0.4, -0.2) is 39.1 Å². The number of carbonyl (C=O) groups is 1. The van der Waals surface area contributed by atoms with Crippen LogP contribution in [0.2, 0.25) is 0 Å². The summed E-state index contributed by atoms with van der Waals surface area (Å²) in [5.41, 5.74) is 3.22. The topological polar surface area (TPSA) is 81.8 Å². The van der Waals surface area contributed by atoms with E-state index in [2.05, 4.69) is 15.2 Å². The first-order valence-corrected chi connectivity index (χ1v) is 8.26. The maximum absolute atomic E-state index is 12.8. The second kappa shape index (κ2) is 5.68. The minimum absolute atomic E-state index is 0.148. The molecule has 0 spiro atoms. The fourth-order valence-corrected chi connectivity index (χ4v) is 3.75. The van der Waals surface area contributed by atoms with E-state index < -0.39 is 0 Å². The van der Waals surface area contributed by atoms with Crippen LogP contribution in [0.4, 0.5) is 0 Å². The van der Waals surface area contributed by atoms with Crippen LogP contribution < -0.4 is 5.56 Å². The molecule has 0 bridgehead atoms. The predicted octanol–water partition coefficient (Wildman–Crippen LogP) is 1.61. The van der Waals surface area contributed by atoms with Gasteiger partial charge in [0.05, 0.1) is 0 Å². The predicted molar refractivity (Wildman–Crippen MR) is 85.6 cm³/mol. The van der Waals surface area contributed by atoms with E-state index in [4.69, 9.17) is 0 Å². The van der Waals surface area contributed by atoms with Crippen molar-refractivity contribution in [3.05, 3.63) is 51.2 Å². The van der Waals surface area contributed by atoms with Gasteiger partial charge in [-0.05, 0) is 49.8 Å². The molecular weight excluding hydrogens is 292 g/mol. The molecule has 2 aromatic rings. The van der Waals surface area contributed by atoms with E-state index in [9.17, 15) is 9.59 Å². The third-order valence-corrected chi connectivity index (χ3v) is 4.99. The molecule has 6 nitrogen and oxygen atoms in total. The van der Waals surface area contributed by atoms with Gasteiger partial charge >= 0.3 is 0 Å². The van der Waals surface area contributed by atoms with Crippen LogP contribution in [-0.2, 0) is 12.8 Å². The largest absolute Gasteiger partial charge is 0.338 e. The lowest BCUT2D eigenvalue weighted by Gasteiger charge is -2.32. The smallest absolute Gasteiger partial charge is 0.261 e. The molecule has 2 aromatic heterocycles. The molecule has 1 fully saturated rings.